The summed E-state index contributed by atoms with van der Waals surface area (Å²) in [7, 11) is 0. The van der Waals surface area contributed by atoms with Crippen molar-refractivity contribution in [3.8, 4) is 5.69 Å². The zero-order valence-corrected chi connectivity index (χ0v) is 18.1. The van der Waals surface area contributed by atoms with E-state index in [2.05, 4.69) is 20.9 Å². The fraction of sp³-hybridized carbons (Fsp3) is 0.261. The van der Waals surface area contributed by atoms with Gasteiger partial charge in [-0.25, -0.2) is 4.79 Å². The number of carboxylic acids is 1. The lowest BCUT2D eigenvalue weighted by Gasteiger charge is -2.27. The summed E-state index contributed by atoms with van der Waals surface area (Å²) < 4.78 is 2.11. The van der Waals surface area contributed by atoms with Gasteiger partial charge in [-0.2, -0.15) is 0 Å². The molecule has 1 saturated heterocycles. The molecule has 3 N–H and O–H groups in total. The van der Waals surface area contributed by atoms with Crippen LogP contribution >= 0.6 is 12.2 Å². The standard InChI is InChI=1S/C23H24N4O3S/c1-14-13-18(15(2)27(14)17-8-6-16(7-9-17)22(29)30)21-20(19-5-3-4-10-24-19)25-23(31)26(21)11-12-28/h3-10,13,20-21,28H,11-12H2,1-2H3,(H,25,31)(H,29,30)/t20-,21-/m1/s1. The number of benzene rings is 1. The minimum Gasteiger partial charge on any atom is -0.478 e. The number of aliphatic hydroxyl groups excluding tert-OH is 1. The molecule has 2 aromatic heterocycles. The van der Waals surface area contributed by atoms with E-state index < -0.39 is 5.97 Å². The quantitative estimate of drug-likeness (QED) is 0.512. The van der Waals surface area contributed by atoms with Gasteiger partial charge in [-0.15, -0.1) is 0 Å². The molecule has 0 aliphatic carbocycles. The Hall–Kier alpha value is -3.23. The largest absolute Gasteiger partial charge is 0.478 e. The van der Waals surface area contributed by atoms with Gasteiger partial charge in [0.1, 0.15) is 0 Å². The van der Waals surface area contributed by atoms with Crippen molar-refractivity contribution < 1.29 is 15.0 Å². The number of hydrogen-bond donors (Lipinski definition) is 3. The third-order valence-corrected chi connectivity index (χ3v) is 6.05. The second-order valence-electron chi connectivity index (χ2n) is 7.56. The van der Waals surface area contributed by atoms with Crippen LogP contribution in [0.2, 0.25) is 0 Å². The van der Waals surface area contributed by atoms with Gasteiger partial charge in [0, 0.05) is 29.8 Å². The van der Waals surface area contributed by atoms with Crippen LogP contribution in [0, 0.1) is 13.8 Å². The van der Waals surface area contributed by atoms with Crippen molar-refractivity contribution in [1.29, 1.82) is 0 Å². The van der Waals surface area contributed by atoms with Gasteiger partial charge in [0.2, 0.25) is 0 Å². The predicted octanol–water partition coefficient (Wildman–Crippen LogP) is 3.15. The minimum atomic E-state index is -0.948. The smallest absolute Gasteiger partial charge is 0.335 e. The second kappa shape index (κ2) is 8.49. The van der Waals surface area contributed by atoms with Crippen LogP contribution in [0.25, 0.3) is 5.69 Å². The van der Waals surface area contributed by atoms with Crippen LogP contribution in [0.5, 0.6) is 0 Å². The number of hydrogen-bond acceptors (Lipinski definition) is 4. The van der Waals surface area contributed by atoms with Crippen molar-refractivity contribution in [2.75, 3.05) is 13.2 Å². The molecule has 0 bridgehead atoms. The molecule has 3 aromatic rings. The number of pyridine rings is 1. The molecule has 8 heteroatoms. The first-order chi connectivity index (χ1) is 14.9. The summed E-state index contributed by atoms with van der Waals surface area (Å²) in [5.74, 6) is -0.948. The van der Waals surface area contributed by atoms with E-state index in [1.54, 1.807) is 18.3 Å². The van der Waals surface area contributed by atoms with Gasteiger partial charge < -0.3 is 25.0 Å². The molecular weight excluding hydrogens is 412 g/mol. The lowest BCUT2D eigenvalue weighted by molar-refractivity contribution is 0.0697. The van der Waals surface area contributed by atoms with Crippen molar-refractivity contribution in [2.45, 2.75) is 25.9 Å². The summed E-state index contributed by atoms with van der Waals surface area (Å²) in [4.78, 5) is 17.7. The zero-order valence-electron chi connectivity index (χ0n) is 17.3. The third-order valence-electron chi connectivity index (χ3n) is 5.70. The summed E-state index contributed by atoms with van der Waals surface area (Å²) >= 11 is 5.59. The van der Waals surface area contributed by atoms with Gasteiger partial charge >= 0.3 is 5.97 Å². The van der Waals surface area contributed by atoms with Crippen LogP contribution < -0.4 is 5.32 Å². The Morgan fingerprint density at radius 2 is 1.94 bits per heavy atom. The van der Waals surface area contributed by atoms with Gasteiger partial charge in [-0.3, -0.25) is 4.98 Å². The van der Waals surface area contributed by atoms with Crippen molar-refractivity contribution in [2.24, 2.45) is 0 Å². The maximum absolute atomic E-state index is 11.2. The summed E-state index contributed by atoms with van der Waals surface area (Å²) in [6, 6.07) is 14.5. The highest BCUT2D eigenvalue weighted by Crippen LogP contribution is 2.41. The molecular formula is C23H24N4O3S. The molecule has 160 valence electrons. The number of nitrogens with zero attached hydrogens (tertiary/aromatic N) is 3. The molecule has 0 unspecified atom stereocenters. The summed E-state index contributed by atoms with van der Waals surface area (Å²) in [5, 5.41) is 22.8. The third kappa shape index (κ3) is 3.80. The average molecular weight is 437 g/mol. The number of aromatic nitrogens is 2. The first-order valence-electron chi connectivity index (χ1n) is 10.0. The van der Waals surface area contributed by atoms with Gasteiger partial charge in [-0.05, 0) is 74.1 Å². The summed E-state index contributed by atoms with van der Waals surface area (Å²) in [5.41, 5.74) is 5.16. The van der Waals surface area contributed by atoms with Gasteiger partial charge in [0.05, 0.1) is 29.9 Å². The molecule has 31 heavy (non-hydrogen) atoms. The molecule has 1 aliphatic heterocycles. The molecule has 4 rings (SSSR count). The fourth-order valence-corrected chi connectivity index (χ4v) is 4.66. The number of β-amino-alcohol motifs (C(OH)–C–C–N with tert-alkyl or cyclic N) is 1. The van der Waals surface area contributed by atoms with Gasteiger partial charge in [0.15, 0.2) is 5.11 Å². The molecule has 2 atom stereocenters. The van der Waals surface area contributed by atoms with Crippen LogP contribution in [0.4, 0.5) is 0 Å². The van der Waals surface area contributed by atoms with Crippen LogP contribution in [-0.4, -0.2) is 48.9 Å². The summed E-state index contributed by atoms with van der Waals surface area (Å²) in [6.07, 6.45) is 1.76. The van der Waals surface area contributed by atoms with E-state index in [-0.39, 0.29) is 24.3 Å². The molecule has 0 amide bonds. The van der Waals surface area contributed by atoms with Crippen molar-refractivity contribution in [3.05, 3.63) is 82.9 Å². The Morgan fingerprint density at radius 3 is 2.55 bits per heavy atom. The highest BCUT2D eigenvalue weighted by molar-refractivity contribution is 7.80. The van der Waals surface area contributed by atoms with Gasteiger partial charge in [0.25, 0.3) is 0 Å². The zero-order chi connectivity index (χ0) is 22.1. The lowest BCUT2D eigenvalue weighted by atomic mass is 9.97. The maximum atomic E-state index is 11.2. The van der Waals surface area contributed by atoms with E-state index >= 15 is 0 Å². The summed E-state index contributed by atoms with van der Waals surface area (Å²) in [6.45, 7) is 4.47. The number of aliphatic hydroxyl groups is 1. The molecule has 0 saturated carbocycles. The molecule has 0 spiro atoms. The van der Waals surface area contributed by atoms with E-state index in [1.807, 2.05) is 49.1 Å². The molecule has 1 aromatic carbocycles. The maximum Gasteiger partial charge on any atom is 0.335 e. The predicted molar refractivity (Wildman–Crippen MR) is 121 cm³/mol. The second-order valence-corrected chi connectivity index (χ2v) is 7.94. The first-order valence-corrected chi connectivity index (χ1v) is 10.4. The number of rotatable bonds is 6. The van der Waals surface area contributed by atoms with E-state index in [9.17, 15) is 15.0 Å². The van der Waals surface area contributed by atoms with E-state index in [4.69, 9.17) is 12.2 Å². The van der Waals surface area contributed by atoms with Crippen molar-refractivity contribution >= 4 is 23.3 Å². The van der Waals surface area contributed by atoms with Crippen LogP contribution in [0.1, 0.15) is 45.1 Å². The average Bonchev–Trinajstić information content (AvgIpc) is 3.24. The minimum absolute atomic E-state index is 0.0113. The number of aromatic carboxylic acids is 1. The van der Waals surface area contributed by atoms with Crippen LogP contribution in [0.3, 0.4) is 0 Å². The Labute approximate surface area is 186 Å². The monoisotopic (exact) mass is 436 g/mol. The van der Waals surface area contributed by atoms with E-state index in [0.717, 1.165) is 28.3 Å². The van der Waals surface area contributed by atoms with Crippen molar-refractivity contribution in [3.63, 3.8) is 0 Å². The topological polar surface area (TPSA) is 90.6 Å². The number of carbonyl (C=O) groups is 1. The van der Waals surface area contributed by atoms with E-state index in [1.165, 1.54) is 0 Å². The van der Waals surface area contributed by atoms with Crippen LogP contribution in [-0.2, 0) is 0 Å². The van der Waals surface area contributed by atoms with Crippen LogP contribution in [0.15, 0.2) is 54.7 Å². The van der Waals surface area contributed by atoms with Crippen molar-refractivity contribution in [1.82, 2.24) is 19.8 Å². The Kier molecular flexibility index (Phi) is 5.75. The number of nitrogens with one attached hydrogen (secondary N) is 1. The lowest BCUT2D eigenvalue weighted by Crippen LogP contribution is -2.32. The van der Waals surface area contributed by atoms with E-state index in [0.29, 0.717) is 11.7 Å². The number of carboxylic acid groups (broad SMARTS) is 1. The van der Waals surface area contributed by atoms with Gasteiger partial charge in [-0.1, -0.05) is 6.07 Å². The SMILES string of the molecule is Cc1cc([C@@H]2[C@@H](c3ccccn3)NC(=S)N2CCO)c(C)n1-c1ccc(C(=O)O)cc1. The molecule has 1 fully saturated rings. The fourth-order valence-electron chi connectivity index (χ4n) is 4.33. The number of aryl methyl sites for hydroxylation is 1. The Balaban J connectivity index is 1.80. The number of thiocarbonyl (C=S) groups is 1. The Bertz CT molecular complexity index is 1110. The Morgan fingerprint density at radius 1 is 1.19 bits per heavy atom. The molecule has 1 aliphatic rings. The highest BCUT2D eigenvalue weighted by atomic mass is 32.1. The first kappa shape index (κ1) is 21.0. The molecule has 3 heterocycles. The highest BCUT2D eigenvalue weighted by Gasteiger charge is 2.41. The molecule has 7 nitrogen and oxygen atoms in total. The normalized spacial score (nSPS) is 18.3. The molecule has 0 radical (unpaired) electrons.